The Balaban J connectivity index is 2.22. The second-order valence-electron chi connectivity index (χ2n) is 4.00. The molecule has 0 saturated heterocycles. The number of anilines is 3. The molecule has 0 radical (unpaired) electrons. The van der Waals surface area contributed by atoms with Gasteiger partial charge in [-0.15, -0.1) is 0 Å². The minimum Gasteiger partial charge on any atom is -0.397 e. The van der Waals surface area contributed by atoms with Gasteiger partial charge in [0.15, 0.2) is 16.7 Å². The summed E-state index contributed by atoms with van der Waals surface area (Å²) in [6, 6.07) is 7.03. The van der Waals surface area contributed by atoms with Gasteiger partial charge in [0, 0.05) is 0 Å². The first-order valence-electron chi connectivity index (χ1n) is 5.65. The summed E-state index contributed by atoms with van der Waals surface area (Å²) in [5.41, 5.74) is 5.70. The number of hydrogen-bond acceptors (Lipinski definition) is 2. The van der Waals surface area contributed by atoms with Gasteiger partial charge >= 0.3 is 0 Å². The summed E-state index contributed by atoms with van der Waals surface area (Å²) < 4.78 is 26.9. The Hall–Kier alpha value is -1.63. The maximum Gasteiger partial charge on any atom is 0.184 e. The number of hydrogen-bond donors (Lipinski definition) is 3. The van der Waals surface area contributed by atoms with Crippen LogP contribution in [-0.2, 0) is 0 Å². The third-order valence-corrected chi connectivity index (χ3v) is 3.40. The van der Waals surface area contributed by atoms with E-state index < -0.39 is 11.6 Å². The lowest BCUT2D eigenvalue weighted by atomic mass is 10.2. The van der Waals surface area contributed by atoms with Crippen molar-refractivity contribution in [1.82, 2.24) is 0 Å². The number of nitrogens with two attached hydrogens (primary N) is 1. The first-order valence-corrected chi connectivity index (χ1v) is 6.82. The van der Waals surface area contributed by atoms with E-state index in [1.165, 1.54) is 6.07 Å². The number of nitrogens with one attached hydrogen (secondary N) is 2. The van der Waals surface area contributed by atoms with Crippen molar-refractivity contribution in [3.8, 4) is 0 Å². The molecule has 0 bridgehead atoms. The molecule has 0 amide bonds. The number of nitrogen functional groups attached to an aromatic ring is 1. The molecule has 0 unspecified atom stereocenters. The molecule has 0 aromatic heterocycles. The SMILES string of the molecule is Nc1ccc(F)c(F)c1NC(=S)Nc1c(Cl)cccc1Cl. The zero-order valence-corrected chi connectivity index (χ0v) is 12.7. The van der Waals surface area contributed by atoms with Crippen LogP contribution in [0.5, 0.6) is 0 Å². The van der Waals surface area contributed by atoms with Crippen LogP contribution in [0.4, 0.5) is 25.8 Å². The highest BCUT2D eigenvalue weighted by Gasteiger charge is 2.14. The third kappa shape index (κ3) is 3.53. The summed E-state index contributed by atoms with van der Waals surface area (Å²) in [6.45, 7) is 0. The van der Waals surface area contributed by atoms with Crippen molar-refractivity contribution >= 4 is 57.6 Å². The van der Waals surface area contributed by atoms with E-state index in [-0.39, 0.29) is 16.5 Å². The standard InChI is InChI=1S/C13H9Cl2F2N3S/c14-6-2-1-3-7(15)11(6)19-13(21)20-12-9(18)5-4-8(16)10(12)17/h1-5H,18H2,(H2,19,20,21). The van der Waals surface area contributed by atoms with Gasteiger partial charge in [-0.05, 0) is 36.5 Å². The van der Waals surface area contributed by atoms with Crippen LogP contribution in [0, 0.1) is 11.6 Å². The van der Waals surface area contributed by atoms with Gasteiger partial charge in [0.2, 0.25) is 0 Å². The average Bonchev–Trinajstić information content (AvgIpc) is 2.43. The average molecular weight is 348 g/mol. The van der Waals surface area contributed by atoms with Crippen molar-refractivity contribution in [2.24, 2.45) is 0 Å². The van der Waals surface area contributed by atoms with Crippen molar-refractivity contribution < 1.29 is 8.78 Å². The van der Waals surface area contributed by atoms with E-state index in [4.69, 9.17) is 41.2 Å². The topological polar surface area (TPSA) is 50.1 Å². The van der Waals surface area contributed by atoms with Gasteiger partial charge in [-0.2, -0.15) is 0 Å². The lowest BCUT2D eigenvalue weighted by Crippen LogP contribution is -2.21. The molecule has 0 aliphatic carbocycles. The molecule has 21 heavy (non-hydrogen) atoms. The molecule has 2 aromatic carbocycles. The molecular formula is C13H9Cl2F2N3S. The fourth-order valence-corrected chi connectivity index (χ4v) is 2.26. The van der Waals surface area contributed by atoms with Crippen molar-refractivity contribution in [1.29, 1.82) is 0 Å². The second-order valence-corrected chi connectivity index (χ2v) is 5.22. The number of thiocarbonyl (C=S) groups is 1. The molecule has 0 aliphatic heterocycles. The van der Waals surface area contributed by atoms with Crippen molar-refractivity contribution in [2.75, 3.05) is 16.4 Å². The van der Waals surface area contributed by atoms with E-state index in [9.17, 15) is 8.78 Å². The van der Waals surface area contributed by atoms with Crippen molar-refractivity contribution in [3.05, 3.63) is 52.0 Å². The number of para-hydroxylation sites is 1. The molecule has 2 rings (SSSR count). The summed E-state index contributed by atoms with van der Waals surface area (Å²) in [6.07, 6.45) is 0. The molecule has 0 atom stereocenters. The summed E-state index contributed by atoms with van der Waals surface area (Å²) >= 11 is 17.0. The summed E-state index contributed by atoms with van der Waals surface area (Å²) in [7, 11) is 0. The minimum absolute atomic E-state index is 0.0169. The Morgan fingerprint density at radius 2 is 1.57 bits per heavy atom. The predicted molar refractivity (Wildman–Crippen MR) is 87.1 cm³/mol. The summed E-state index contributed by atoms with van der Waals surface area (Å²) in [5.74, 6) is -2.16. The molecule has 0 heterocycles. The van der Waals surface area contributed by atoms with Gasteiger partial charge in [-0.1, -0.05) is 29.3 Å². The molecule has 4 N–H and O–H groups in total. The molecule has 0 fully saturated rings. The Kier molecular flexibility index (Phi) is 4.82. The summed E-state index contributed by atoms with van der Waals surface area (Å²) in [4.78, 5) is 0. The van der Waals surface area contributed by atoms with E-state index in [1.807, 2.05) is 0 Å². The molecule has 110 valence electrons. The molecule has 8 heteroatoms. The van der Waals surface area contributed by atoms with E-state index in [0.29, 0.717) is 15.7 Å². The van der Waals surface area contributed by atoms with E-state index in [2.05, 4.69) is 10.6 Å². The van der Waals surface area contributed by atoms with Crippen LogP contribution < -0.4 is 16.4 Å². The quantitative estimate of drug-likeness (QED) is 0.546. The van der Waals surface area contributed by atoms with Crippen molar-refractivity contribution in [3.63, 3.8) is 0 Å². The Morgan fingerprint density at radius 1 is 1.00 bits per heavy atom. The molecule has 0 saturated carbocycles. The van der Waals surface area contributed by atoms with E-state index in [1.54, 1.807) is 18.2 Å². The Morgan fingerprint density at radius 3 is 2.19 bits per heavy atom. The van der Waals surface area contributed by atoms with E-state index >= 15 is 0 Å². The van der Waals surface area contributed by atoms with Crippen LogP contribution in [0.3, 0.4) is 0 Å². The lowest BCUT2D eigenvalue weighted by molar-refractivity contribution is 0.512. The van der Waals surface area contributed by atoms with Gasteiger partial charge in [-0.3, -0.25) is 0 Å². The highest BCUT2D eigenvalue weighted by Crippen LogP contribution is 2.30. The van der Waals surface area contributed by atoms with Gasteiger partial charge in [-0.25, -0.2) is 8.78 Å². The number of benzene rings is 2. The normalized spacial score (nSPS) is 10.3. The van der Waals surface area contributed by atoms with Crippen LogP contribution >= 0.6 is 35.4 Å². The smallest absolute Gasteiger partial charge is 0.184 e. The first-order chi connectivity index (χ1) is 9.90. The van der Waals surface area contributed by atoms with Crippen LogP contribution in [0.1, 0.15) is 0 Å². The lowest BCUT2D eigenvalue weighted by Gasteiger charge is -2.15. The van der Waals surface area contributed by atoms with Crippen LogP contribution in [0.2, 0.25) is 10.0 Å². The minimum atomic E-state index is -1.12. The zero-order chi connectivity index (χ0) is 15.6. The molecule has 0 spiro atoms. The van der Waals surface area contributed by atoms with Crippen molar-refractivity contribution in [2.45, 2.75) is 0 Å². The third-order valence-electron chi connectivity index (χ3n) is 2.57. The maximum absolute atomic E-state index is 13.7. The van der Waals surface area contributed by atoms with Gasteiger partial charge < -0.3 is 16.4 Å². The van der Waals surface area contributed by atoms with Crippen LogP contribution in [0.25, 0.3) is 0 Å². The van der Waals surface area contributed by atoms with Gasteiger partial charge in [0.05, 0.1) is 21.4 Å². The zero-order valence-electron chi connectivity index (χ0n) is 10.4. The van der Waals surface area contributed by atoms with Gasteiger partial charge in [0.1, 0.15) is 5.69 Å². The maximum atomic E-state index is 13.7. The number of halogens is 4. The number of rotatable bonds is 2. The molecule has 2 aromatic rings. The fraction of sp³-hybridized carbons (Fsp3) is 0. The predicted octanol–water partition coefficient (Wildman–Crippen LogP) is 4.66. The molecule has 3 nitrogen and oxygen atoms in total. The fourth-order valence-electron chi connectivity index (χ4n) is 1.57. The molecule has 0 aliphatic rings. The largest absolute Gasteiger partial charge is 0.397 e. The Bertz CT molecular complexity index is 690. The second kappa shape index (κ2) is 6.43. The molecular weight excluding hydrogens is 339 g/mol. The highest BCUT2D eigenvalue weighted by atomic mass is 35.5. The van der Waals surface area contributed by atoms with Crippen LogP contribution in [-0.4, -0.2) is 5.11 Å². The van der Waals surface area contributed by atoms with Crippen LogP contribution in [0.15, 0.2) is 30.3 Å². The summed E-state index contributed by atoms with van der Waals surface area (Å²) in [5, 5.41) is 5.84. The Labute approximate surface area is 135 Å². The van der Waals surface area contributed by atoms with E-state index in [0.717, 1.165) is 6.07 Å². The van der Waals surface area contributed by atoms with Gasteiger partial charge in [0.25, 0.3) is 0 Å². The first kappa shape index (κ1) is 15.8. The highest BCUT2D eigenvalue weighted by molar-refractivity contribution is 7.80. The monoisotopic (exact) mass is 347 g/mol.